The van der Waals surface area contributed by atoms with E-state index < -0.39 is 5.82 Å². The van der Waals surface area contributed by atoms with Crippen molar-refractivity contribution in [3.63, 3.8) is 0 Å². The van der Waals surface area contributed by atoms with Gasteiger partial charge < -0.3 is 9.47 Å². The molecule has 0 spiro atoms. The minimum Gasteiger partial charge on any atom is -0.489 e. The lowest BCUT2D eigenvalue weighted by Crippen LogP contribution is -2.03. The fourth-order valence-corrected chi connectivity index (χ4v) is 10.9. The number of hydrogen-bond acceptors (Lipinski definition) is 9. The van der Waals surface area contributed by atoms with Crippen LogP contribution in [0.15, 0.2) is 30.3 Å². The van der Waals surface area contributed by atoms with Gasteiger partial charge in [0.05, 0.1) is 39.2 Å². The zero-order valence-electron chi connectivity index (χ0n) is 33.1. The average Bonchev–Trinajstić information content (AvgIpc) is 4.08. The van der Waals surface area contributed by atoms with Crippen molar-refractivity contribution in [1.82, 2.24) is 8.75 Å². The fourth-order valence-electron chi connectivity index (χ4n) is 6.25. The number of halogens is 3. The third kappa shape index (κ3) is 11.2. The molecule has 0 saturated carbocycles. The second-order valence-corrected chi connectivity index (χ2v) is 18.6. The number of hydrogen-bond donors (Lipinski definition) is 0. The molecule has 60 heavy (non-hydrogen) atoms. The van der Waals surface area contributed by atoms with E-state index in [-0.39, 0.29) is 23.1 Å². The molecule has 0 fully saturated rings. The second-order valence-electron chi connectivity index (χ2n) is 13.4. The van der Waals surface area contributed by atoms with Crippen molar-refractivity contribution in [2.24, 2.45) is 0 Å². The van der Waals surface area contributed by atoms with Crippen LogP contribution in [0.2, 0.25) is 0 Å². The maximum atomic E-state index is 16.1. The van der Waals surface area contributed by atoms with E-state index in [1.54, 1.807) is 6.92 Å². The summed E-state index contributed by atoms with van der Waals surface area (Å²) in [5, 5.41) is 0. The van der Waals surface area contributed by atoms with Gasteiger partial charge in [-0.3, -0.25) is 0 Å². The van der Waals surface area contributed by atoms with Crippen LogP contribution >= 0.6 is 57.1 Å². The number of terminal acetylenes is 1. The van der Waals surface area contributed by atoms with Crippen molar-refractivity contribution >= 4 is 68.1 Å². The third-order valence-corrected chi connectivity index (χ3v) is 14.2. The van der Waals surface area contributed by atoms with Crippen LogP contribution in [0.25, 0.3) is 51.4 Å². The molecule has 6 rings (SSSR count). The number of benzene rings is 1. The number of thiophene rings is 4. The van der Waals surface area contributed by atoms with Gasteiger partial charge in [-0.1, -0.05) is 64.7 Å². The summed E-state index contributed by atoms with van der Waals surface area (Å²) in [4.78, 5) is 4.68. The van der Waals surface area contributed by atoms with Crippen LogP contribution in [-0.2, 0) is 0 Å². The van der Waals surface area contributed by atoms with Crippen LogP contribution in [0.4, 0.5) is 13.2 Å². The van der Waals surface area contributed by atoms with Crippen LogP contribution in [0.1, 0.15) is 80.9 Å². The maximum absolute atomic E-state index is 16.1. The molecule has 0 aliphatic rings. The highest BCUT2D eigenvalue weighted by atomic mass is 32.1. The molecule has 5 aromatic heterocycles. The van der Waals surface area contributed by atoms with Gasteiger partial charge in [-0.25, -0.2) is 13.2 Å². The Kier molecular flexibility index (Phi) is 16.4. The molecule has 4 nitrogen and oxygen atoms in total. The van der Waals surface area contributed by atoms with E-state index in [1.165, 1.54) is 102 Å². The number of nitrogens with zero attached hydrogens (tertiary/aromatic N) is 2. The van der Waals surface area contributed by atoms with E-state index in [9.17, 15) is 4.39 Å². The summed E-state index contributed by atoms with van der Waals surface area (Å²) in [6.07, 6.45) is 19.2. The second kappa shape index (κ2) is 22.3. The Morgan fingerprint density at radius 2 is 1.12 bits per heavy atom. The Labute approximate surface area is 369 Å². The molecule has 0 unspecified atom stereocenters. The molecule has 5 heterocycles. The molecule has 0 radical (unpaired) electrons. The van der Waals surface area contributed by atoms with Crippen molar-refractivity contribution < 1.29 is 22.6 Å². The highest BCUT2D eigenvalue weighted by Gasteiger charge is 2.30. The summed E-state index contributed by atoms with van der Waals surface area (Å²) in [6.45, 7) is 6.10. The number of rotatable bonds is 17. The molecule has 302 valence electrons. The van der Waals surface area contributed by atoms with Crippen LogP contribution in [-0.4, -0.2) is 15.4 Å². The van der Waals surface area contributed by atoms with Crippen molar-refractivity contribution in [3.8, 4) is 124 Å². The largest absolute Gasteiger partial charge is 0.489 e. The number of unbranched alkanes of at least 4 members (excludes halogenated alkanes) is 9. The van der Waals surface area contributed by atoms with Gasteiger partial charge in [-0.2, -0.15) is 8.75 Å². The van der Waals surface area contributed by atoms with E-state index in [0.717, 1.165) is 47.2 Å². The quantitative estimate of drug-likeness (QED) is 0.0676. The van der Waals surface area contributed by atoms with E-state index in [4.69, 9.17) is 20.3 Å². The standard InChI is InChI=1S/C48H37F3N2O2S5/c1-5-7-9-11-13-15-17-19-21-23-27-54-45-41(39-30-34(49)33(4)57-39)43-44(53-60-52-43)42(46(45)55-28-24-22-20-18-16-14-12-10-8-6-2)40-31-36(51)48(59-40)38-26-25-37(58-38)47-35(50)29-32(3)56-47/h1,25-26,29-31H,6,8,10,12,14,16,18,20,22,24,28H2,2-4H3. The Bertz CT molecular complexity index is 2830. The van der Waals surface area contributed by atoms with Gasteiger partial charge in [-0.15, -0.1) is 51.8 Å². The van der Waals surface area contributed by atoms with Crippen LogP contribution in [0, 0.1) is 103 Å². The first-order chi connectivity index (χ1) is 29.3. The molecule has 0 N–H and O–H groups in total. The lowest BCUT2D eigenvalue weighted by Gasteiger charge is -2.17. The third-order valence-electron chi connectivity index (χ3n) is 9.04. The minimum absolute atomic E-state index is 0.189. The zero-order valence-corrected chi connectivity index (χ0v) is 37.2. The smallest absolute Gasteiger partial charge is 0.193 e. The predicted molar refractivity (Wildman–Crippen MR) is 246 cm³/mol. The van der Waals surface area contributed by atoms with E-state index >= 15 is 8.78 Å². The molecular formula is C48H37F3N2O2S5. The fraction of sp³-hybridized carbons (Fsp3) is 0.292. The summed E-state index contributed by atoms with van der Waals surface area (Å²) in [5.74, 6) is 24.4. The number of ether oxygens (including phenoxy) is 2. The van der Waals surface area contributed by atoms with Crippen molar-refractivity contribution in [2.75, 3.05) is 6.61 Å². The van der Waals surface area contributed by atoms with Crippen LogP contribution in [0.3, 0.4) is 0 Å². The first kappa shape index (κ1) is 44.2. The molecule has 12 heteroatoms. The summed E-state index contributed by atoms with van der Waals surface area (Å²) < 4.78 is 68.1. The molecule has 0 amide bonds. The van der Waals surface area contributed by atoms with E-state index in [1.807, 2.05) is 19.1 Å². The Hall–Kier alpha value is -5.41. The van der Waals surface area contributed by atoms with Crippen LogP contribution < -0.4 is 9.47 Å². The molecule has 0 aliphatic heterocycles. The molecule has 0 bridgehead atoms. The number of fused-ring (bicyclic) bond motifs is 1. The molecule has 0 aliphatic carbocycles. The van der Waals surface area contributed by atoms with Gasteiger partial charge in [0, 0.05) is 58.9 Å². The molecular weight excluding hydrogens is 854 g/mol. The summed E-state index contributed by atoms with van der Waals surface area (Å²) in [5.41, 5.74) is 1.82. The predicted octanol–water partition coefficient (Wildman–Crippen LogP) is 13.9. The van der Waals surface area contributed by atoms with Gasteiger partial charge in [-0.05, 0) is 80.2 Å². The Morgan fingerprint density at radius 3 is 1.70 bits per heavy atom. The van der Waals surface area contributed by atoms with Crippen molar-refractivity contribution in [1.29, 1.82) is 0 Å². The SMILES string of the molecule is C#CC#CC#CC#CC#CC#COc1c(OCCCCCCCCCCCC)c(-c2cc(F)c(-c3ccc(-c4sc(C)cc4F)s3)s2)c2nsnc2c1-c1cc(F)c(C)s1. The van der Waals surface area contributed by atoms with E-state index in [0.29, 0.717) is 58.0 Å². The van der Waals surface area contributed by atoms with E-state index in [2.05, 4.69) is 76.6 Å². The van der Waals surface area contributed by atoms with Crippen LogP contribution in [0.5, 0.6) is 11.5 Å². The lowest BCUT2D eigenvalue weighted by molar-refractivity contribution is 0.295. The lowest BCUT2D eigenvalue weighted by atomic mass is 10.0. The summed E-state index contributed by atoms with van der Waals surface area (Å²) in [7, 11) is 0. The number of aryl methyl sites for hydroxylation is 2. The van der Waals surface area contributed by atoms with Gasteiger partial charge in [0.2, 0.25) is 0 Å². The first-order valence-electron chi connectivity index (χ1n) is 19.3. The van der Waals surface area contributed by atoms with Gasteiger partial charge in [0.1, 0.15) is 34.6 Å². The molecule has 0 atom stereocenters. The molecule has 1 aromatic carbocycles. The number of aromatic nitrogens is 2. The normalized spacial score (nSPS) is 10.2. The zero-order chi connectivity index (χ0) is 42.3. The summed E-state index contributed by atoms with van der Waals surface area (Å²) in [6, 6.07) is 8.01. The van der Waals surface area contributed by atoms with Gasteiger partial charge in [0.15, 0.2) is 11.5 Å². The highest BCUT2D eigenvalue weighted by molar-refractivity contribution is 7.27. The molecule has 6 aromatic rings. The maximum Gasteiger partial charge on any atom is 0.193 e. The van der Waals surface area contributed by atoms with Gasteiger partial charge in [0.25, 0.3) is 0 Å². The molecule has 0 saturated heterocycles. The van der Waals surface area contributed by atoms with Crippen molar-refractivity contribution in [2.45, 2.75) is 85.0 Å². The first-order valence-corrected chi connectivity index (χ1v) is 23.3. The van der Waals surface area contributed by atoms with Gasteiger partial charge >= 0.3 is 0 Å². The Balaban J connectivity index is 1.39. The monoisotopic (exact) mass is 890 g/mol. The minimum atomic E-state index is -0.449. The van der Waals surface area contributed by atoms with Crippen molar-refractivity contribution in [3.05, 3.63) is 57.5 Å². The topological polar surface area (TPSA) is 44.2 Å². The summed E-state index contributed by atoms with van der Waals surface area (Å²) >= 11 is 6.12. The Morgan fingerprint density at radius 1 is 0.583 bits per heavy atom. The highest BCUT2D eigenvalue weighted by Crippen LogP contribution is 2.54. The average molecular weight is 891 g/mol.